The van der Waals surface area contributed by atoms with Crippen LogP contribution >= 0.6 is 11.6 Å². The third kappa shape index (κ3) is 3.47. The maximum Gasteiger partial charge on any atom is 0.0408 e. The first kappa shape index (κ1) is 13.9. The van der Waals surface area contributed by atoms with Gasteiger partial charge < -0.3 is 5.32 Å². The van der Waals surface area contributed by atoms with Gasteiger partial charge in [-0.25, -0.2) is 0 Å². The van der Waals surface area contributed by atoms with E-state index in [-0.39, 0.29) is 0 Å². The Kier molecular flexibility index (Phi) is 4.66. The summed E-state index contributed by atoms with van der Waals surface area (Å²) in [4.78, 5) is 2.58. The van der Waals surface area contributed by atoms with Crippen molar-refractivity contribution in [1.29, 1.82) is 0 Å². The number of nitrogens with zero attached hydrogens (tertiary/aromatic N) is 1. The molecule has 1 fully saturated rings. The molecular weight excluding hydrogens is 244 g/mol. The van der Waals surface area contributed by atoms with Crippen LogP contribution in [0.3, 0.4) is 0 Å². The summed E-state index contributed by atoms with van der Waals surface area (Å²) >= 11 is 6.06. The molecule has 18 heavy (non-hydrogen) atoms. The normalized spacial score (nSPS) is 27.1. The first-order chi connectivity index (χ1) is 8.56. The Bertz CT molecular complexity index is 394. The fourth-order valence-corrected chi connectivity index (χ4v) is 2.82. The minimum absolute atomic E-state index is 0.524. The van der Waals surface area contributed by atoms with Crippen LogP contribution in [0.5, 0.6) is 0 Å². The summed E-state index contributed by atoms with van der Waals surface area (Å²) in [5, 5.41) is 4.36. The van der Waals surface area contributed by atoms with E-state index in [2.05, 4.69) is 43.1 Å². The molecule has 1 heterocycles. The van der Waals surface area contributed by atoms with E-state index in [0.717, 1.165) is 24.7 Å². The molecular formula is C15H23ClN2. The molecule has 0 amide bonds. The molecule has 1 aliphatic rings. The largest absolute Gasteiger partial charge is 0.311 e. The van der Waals surface area contributed by atoms with Crippen LogP contribution in [0.1, 0.15) is 32.3 Å². The van der Waals surface area contributed by atoms with Gasteiger partial charge in [-0.3, -0.25) is 4.90 Å². The molecule has 1 N–H and O–H groups in total. The monoisotopic (exact) mass is 266 g/mol. The van der Waals surface area contributed by atoms with Crippen molar-refractivity contribution in [2.75, 3.05) is 19.6 Å². The lowest BCUT2D eigenvalue weighted by Gasteiger charge is -2.39. The molecule has 1 saturated heterocycles. The first-order valence-corrected chi connectivity index (χ1v) is 7.17. The highest BCUT2D eigenvalue weighted by Crippen LogP contribution is 2.21. The average Bonchev–Trinajstić information content (AvgIpc) is 2.34. The Balaban J connectivity index is 2.00. The second-order valence-corrected chi connectivity index (χ2v) is 6.00. The Morgan fingerprint density at radius 3 is 2.94 bits per heavy atom. The highest BCUT2D eigenvalue weighted by atomic mass is 35.5. The number of nitrogens with one attached hydrogen (secondary N) is 1. The van der Waals surface area contributed by atoms with Crippen molar-refractivity contribution < 1.29 is 0 Å². The zero-order valence-corrected chi connectivity index (χ0v) is 12.2. The van der Waals surface area contributed by atoms with Gasteiger partial charge in [-0.05, 0) is 37.5 Å². The minimum atomic E-state index is 0.524. The van der Waals surface area contributed by atoms with Crippen LogP contribution in [0.15, 0.2) is 24.3 Å². The topological polar surface area (TPSA) is 15.3 Å². The van der Waals surface area contributed by atoms with Crippen molar-refractivity contribution in [1.82, 2.24) is 10.2 Å². The minimum Gasteiger partial charge on any atom is -0.311 e. The molecule has 0 aromatic heterocycles. The summed E-state index contributed by atoms with van der Waals surface area (Å²) in [6, 6.07) is 9.44. The van der Waals surface area contributed by atoms with Crippen LogP contribution in [0.2, 0.25) is 5.02 Å². The molecule has 0 saturated carbocycles. The van der Waals surface area contributed by atoms with E-state index in [1.807, 2.05) is 12.1 Å². The Hall–Kier alpha value is -0.570. The van der Waals surface area contributed by atoms with Crippen molar-refractivity contribution in [3.05, 3.63) is 34.9 Å². The maximum absolute atomic E-state index is 6.06. The summed E-state index contributed by atoms with van der Waals surface area (Å²) in [6.45, 7) is 10.2. The number of piperazine rings is 1. The zero-order valence-electron chi connectivity index (χ0n) is 11.5. The lowest BCUT2D eigenvalue weighted by molar-refractivity contribution is 0.140. The average molecular weight is 267 g/mol. The van der Waals surface area contributed by atoms with Crippen LogP contribution in [-0.4, -0.2) is 36.6 Å². The lowest BCUT2D eigenvalue weighted by Crippen LogP contribution is -2.54. The molecule has 3 unspecified atom stereocenters. The summed E-state index contributed by atoms with van der Waals surface area (Å²) in [5.41, 5.74) is 1.33. The lowest BCUT2D eigenvalue weighted by atomic mass is 9.99. The number of rotatable bonds is 3. The molecule has 2 rings (SSSR count). The molecule has 0 spiro atoms. The number of hydrogen-bond donors (Lipinski definition) is 1. The molecule has 1 aliphatic heterocycles. The maximum atomic E-state index is 6.06. The predicted octanol–water partition coefficient (Wildman–Crippen LogP) is 3.13. The SMILES string of the molecule is CC1CN(CC(C)c2cccc(Cl)c2)C(C)CN1. The number of halogens is 1. The van der Waals surface area contributed by atoms with Crippen LogP contribution in [0, 0.1) is 0 Å². The van der Waals surface area contributed by atoms with Gasteiger partial charge in [0.1, 0.15) is 0 Å². The summed E-state index contributed by atoms with van der Waals surface area (Å²) < 4.78 is 0. The van der Waals surface area contributed by atoms with Gasteiger partial charge >= 0.3 is 0 Å². The van der Waals surface area contributed by atoms with E-state index in [1.165, 1.54) is 5.56 Å². The zero-order chi connectivity index (χ0) is 13.1. The highest BCUT2D eigenvalue weighted by molar-refractivity contribution is 6.30. The van der Waals surface area contributed by atoms with Crippen molar-refractivity contribution in [3.63, 3.8) is 0 Å². The molecule has 0 radical (unpaired) electrons. The van der Waals surface area contributed by atoms with Crippen molar-refractivity contribution >= 4 is 11.6 Å². The molecule has 0 bridgehead atoms. The number of hydrogen-bond acceptors (Lipinski definition) is 2. The first-order valence-electron chi connectivity index (χ1n) is 6.79. The van der Waals surface area contributed by atoms with E-state index < -0.39 is 0 Å². The van der Waals surface area contributed by atoms with Gasteiger partial charge in [-0.1, -0.05) is 30.7 Å². The predicted molar refractivity (Wildman–Crippen MR) is 78.4 cm³/mol. The van der Waals surface area contributed by atoms with Gasteiger partial charge in [0.25, 0.3) is 0 Å². The molecule has 1 aromatic rings. The molecule has 3 atom stereocenters. The number of benzene rings is 1. The molecule has 2 nitrogen and oxygen atoms in total. The fraction of sp³-hybridized carbons (Fsp3) is 0.600. The van der Waals surface area contributed by atoms with Gasteiger partial charge in [0, 0.05) is 36.7 Å². The van der Waals surface area contributed by atoms with Gasteiger partial charge in [0.2, 0.25) is 0 Å². The Morgan fingerprint density at radius 2 is 2.22 bits per heavy atom. The van der Waals surface area contributed by atoms with Crippen molar-refractivity contribution in [2.24, 2.45) is 0 Å². The van der Waals surface area contributed by atoms with E-state index in [4.69, 9.17) is 11.6 Å². The molecule has 0 aliphatic carbocycles. The van der Waals surface area contributed by atoms with Crippen LogP contribution in [-0.2, 0) is 0 Å². The van der Waals surface area contributed by atoms with Crippen LogP contribution in [0.4, 0.5) is 0 Å². The van der Waals surface area contributed by atoms with E-state index in [0.29, 0.717) is 18.0 Å². The van der Waals surface area contributed by atoms with Gasteiger partial charge in [-0.15, -0.1) is 0 Å². The standard InChI is InChI=1S/C15H23ClN2/c1-11(14-5-4-6-15(16)7-14)9-18-10-12(2)17-8-13(18)3/h4-7,11-13,17H,8-10H2,1-3H3. The molecule has 3 heteroatoms. The Labute approximate surface area is 115 Å². The second kappa shape index (κ2) is 6.05. The smallest absolute Gasteiger partial charge is 0.0408 e. The van der Waals surface area contributed by atoms with Crippen molar-refractivity contribution in [2.45, 2.75) is 38.8 Å². The van der Waals surface area contributed by atoms with E-state index >= 15 is 0 Å². The molecule has 100 valence electrons. The third-order valence-electron chi connectivity index (χ3n) is 3.82. The van der Waals surface area contributed by atoms with Gasteiger partial charge in [-0.2, -0.15) is 0 Å². The second-order valence-electron chi connectivity index (χ2n) is 5.57. The summed E-state index contributed by atoms with van der Waals surface area (Å²) in [5.74, 6) is 0.524. The van der Waals surface area contributed by atoms with Crippen LogP contribution < -0.4 is 5.32 Å². The fourth-order valence-electron chi connectivity index (χ4n) is 2.62. The van der Waals surface area contributed by atoms with Crippen LogP contribution in [0.25, 0.3) is 0 Å². The molecule has 1 aromatic carbocycles. The quantitative estimate of drug-likeness (QED) is 0.904. The van der Waals surface area contributed by atoms with E-state index in [1.54, 1.807) is 0 Å². The van der Waals surface area contributed by atoms with Crippen molar-refractivity contribution in [3.8, 4) is 0 Å². The highest BCUT2D eigenvalue weighted by Gasteiger charge is 2.23. The van der Waals surface area contributed by atoms with Gasteiger partial charge in [0.15, 0.2) is 0 Å². The summed E-state index contributed by atoms with van der Waals surface area (Å²) in [6.07, 6.45) is 0. The Morgan fingerprint density at radius 1 is 1.44 bits per heavy atom. The van der Waals surface area contributed by atoms with Gasteiger partial charge in [0.05, 0.1) is 0 Å². The third-order valence-corrected chi connectivity index (χ3v) is 4.05. The summed E-state index contributed by atoms with van der Waals surface area (Å²) in [7, 11) is 0. The van der Waals surface area contributed by atoms with E-state index in [9.17, 15) is 0 Å².